The number of oxime groups is 1. The number of nitrogens with zero attached hydrogens (tertiary/aromatic N) is 5. The zero-order valence-corrected chi connectivity index (χ0v) is 20.2. The monoisotopic (exact) mass is 530 g/mol. The number of rotatable bonds is 7. The third kappa shape index (κ3) is 3.99. The Kier molecular flexibility index (Phi) is 5.97. The zero-order chi connectivity index (χ0) is 25.6. The van der Waals surface area contributed by atoms with Crippen LogP contribution in [0.15, 0.2) is 44.6 Å². The number of thiazole rings is 1. The number of aliphatic carboxylic acids is 1. The quantitative estimate of drug-likeness (QED) is 0.134. The molecule has 1 fully saturated rings. The number of carbonyl (C=O) groups is 3. The Balaban J connectivity index is 1.38. The summed E-state index contributed by atoms with van der Waals surface area (Å²) in [4.78, 5) is 52.0. The van der Waals surface area contributed by atoms with Gasteiger partial charge >= 0.3 is 11.7 Å². The van der Waals surface area contributed by atoms with Crippen LogP contribution in [0.3, 0.4) is 0 Å². The van der Waals surface area contributed by atoms with E-state index in [9.17, 15) is 19.5 Å². The molecule has 0 aliphatic carbocycles. The summed E-state index contributed by atoms with van der Waals surface area (Å²) in [6.45, 7) is 0.114. The van der Waals surface area contributed by atoms with Crippen molar-refractivity contribution >= 4 is 69.0 Å². The van der Waals surface area contributed by atoms with Crippen molar-refractivity contribution in [2.24, 2.45) is 5.16 Å². The van der Waals surface area contributed by atoms with Crippen LogP contribution in [0.5, 0.6) is 0 Å². The number of nitrogens with two attached hydrogens (primary N) is 2. The molecule has 3 aromatic heterocycles. The molecule has 2 aliphatic rings. The Labute approximate surface area is 210 Å². The van der Waals surface area contributed by atoms with E-state index in [2.05, 4.69) is 20.4 Å². The molecule has 2 aliphatic heterocycles. The first-order valence-electron chi connectivity index (χ1n) is 10.3. The molecule has 1 unspecified atom stereocenters. The van der Waals surface area contributed by atoms with Gasteiger partial charge in [-0.25, -0.2) is 9.55 Å². The predicted octanol–water partition coefficient (Wildman–Crippen LogP) is -1.81. The molecule has 1 saturated heterocycles. The van der Waals surface area contributed by atoms with Crippen molar-refractivity contribution in [3.05, 3.63) is 40.7 Å². The van der Waals surface area contributed by atoms with E-state index in [1.807, 2.05) is 0 Å². The van der Waals surface area contributed by atoms with Gasteiger partial charge in [0.1, 0.15) is 30.8 Å². The lowest BCUT2D eigenvalue weighted by molar-refractivity contribution is -0.665. The van der Waals surface area contributed by atoms with E-state index in [-0.39, 0.29) is 40.5 Å². The molecule has 0 spiro atoms. The minimum absolute atomic E-state index is 0.0228. The number of aromatic nitrogens is 3. The van der Waals surface area contributed by atoms with Gasteiger partial charge in [-0.05, 0) is 12.1 Å². The van der Waals surface area contributed by atoms with Crippen LogP contribution in [-0.4, -0.2) is 62.6 Å². The van der Waals surface area contributed by atoms with Gasteiger partial charge in [0.15, 0.2) is 10.8 Å². The van der Waals surface area contributed by atoms with E-state index >= 15 is 0 Å². The highest BCUT2D eigenvalue weighted by Gasteiger charge is 2.53. The van der Waals surface area contributed by atoms with Crippen LogP contribution in [-0.2, 0) is 25.8 Å². The van der Waals surface area contributed by atoms with E-state index in [4.69, 9.17) is 20.7 Å². The minimum atomic E-state index is -1.50. The number of oxazole rings is 1. The van der Waals surface area contributed by atoms with Gasteiger partial charge < -0.3 is 35.9 Å². The minimum Gasteiger partial charge on any atom is -0.543 e. The molecule has 2 atom stereocenters. The van der Waals surface area contributed by atoms with E-state index in [1.165, 1.54) is 24.3 Å². The first-order chi connectivity index (χ1) is 17.3. The molecule has 5 N–H and O–H groups in total. The lowest BCUT2D eigenvalue weighted by Gasteiger charge is -2.50. The van der Waals surface area contributed by atoms with Crippen LogP contribution in [0.25, 0.3) is 11.2 Å². The molecule has 14 nitrogen and oxygen atoms in total. The number of pyridine rings is 1. The van der Waals surface area contributed by atoms with Crippen molar-refractivity contribution in [1.29, 1.82) is 0 Å². The summed E-state index contributed by atoms with van der Waals surface area (Å²) in [5, 5.41) is 19.5. The number of amides is 2. The van der Waals surface area contributed by atoms with Crippen LogP contribution in [0.1, 0.15) is 5.69 Å². The van der Waals surface area contributed by atoms with Gasteiger partial charge in [-0.2, -0.15) is 0 Å². The van der Waals surface area contributed by atoms with Crippen molar-refractivity contribution in [3.63, 3.8) is 0 Å². The smallest absolute Gasteiger partial charge is 0.410 e. The fourth-order valence-corrected chi connectivity index (χ4v) is 5.87. The maximum absolute atomic E-state index is 13.0. The molecule has 36 heavy (non-hydrogen) atoms. The first-order valence-corrected chi connectivity index (χ1v) is 12.3. The molecular formula is C20H18N8O6S2. The lowest BCUT2D eigenvalue weighted by Crippen LogP contribution is -2.71. The number of β-lactam (4-membered cyclic amide) rings is 1. The van der Waals surface area contributed by atoms with Crippen LogP contribution in [0, 0.1) is 0 Å². The summed E-state index contributed by atoms with van der Waals surface area (Å²) in [7, 11) is 1.26. The highest BCUT2D eigenvalue weighted by atomic mass is 32.2. The summed E-state index contributed by atoms with van der Waals surface area (Å²) in [5.74, 6) is -2.54. The second-order valence-electron chi connectivity index (χ2n) is 7.67. The molecule has 0 bridgehead atoms. The number of fused-ring (bicyclic) bond motifs is 2. The molecule has 2 amide bonds. The van der Waals surface area contributed by atoms with Crippen LogP contribution in [0.2, 0.25) is 0 Å². The third-order valence-corrected chi connectivity index (χ3v) is 7.50. The molecule has 0 radical (unpaired) electrons. The van der Waals surface area contributed by atoms with E-state index in [1.54, 1.807) is 22.9 Å². The maximum atomic E-state index is 13.0. The normalized spacial score (nSPS) is 19.8. The van der Waals surface area contributed by atoms with Crippen molar-refractivity contribution < 1.29 is 33.3 Å². The Morgan fingerprint density at radius 3 is 2.92 bits per heavy atom. The fourth-order valence-electron chi connectivity index (χ4n) is 3.99. The summed E-state index contributed by atoms with van der Waals surface area (Å²) in [5.41, 5.74) is 12.4. The highest BCUT2D eigenvalue weighted by Crippen LogP contribution is 2.40. The predicted molar refractivity (Wildman–Crippen MR) is 126 cm³/mol. The number of carboxylic acids is 1. The summed E-state index contributed by atoms with van der Waals surface area (Å²) < 4.78 is 6.99. The van der Waals surface area contributed by atoms with Crippen molar-refractivity contribution in [2.45, 2.75) is 18.0 Å². The maximum Gasteiger partial charge on any atom is 0.410 e. The van der Waals surface area contributed by atoms with Gasteiger partial charge in [-0.1, -0.05) is 5.16 Å². The van der Waals surface area contributed by atoms with Crippen LogP contribution < -0.4 is 26.5 Å². The van der Waals surface area contributed by atoms with Gasteiger partial charge in [-0.15, -0.1) is 23.1 Å². The molecule has 0 saturated carbocycles. The second kappa shape index (κ2) is 9.12. The Bertz CT molecular complexity index is 1460. The van der Waals surface area contributed by atoms with Gasteiger partial charge in [0.2, 0.25) is 5.58 Å². The van der Waals surface area contributed by atoms with Crippen LogP contribution in [0.4, 0.5) is 11.1 Å². The average molecular weight is 531 g/mol. The van der Waals surface area contributed by atoms with E-state index < -0.39 is 29.2 Å². The zero-order valence-electron chi connectivity index (χ0n) is 18.5. The van der Waals surface area contributed by atoms with E-state index in [0.717, 1.165) is 16.2 Å². The number of anilines is 2. The molecule has 16 heteroatoms. The molecule has 5 rings (SSSR count). The van der Waals surface area contributed by atoms with Crippen molar-refractivity contribution in [3.8, 4) is 0 Å². The van der Waals surface area contributed by atoms with Gasteiger partial charge in [-0.3, -0.25) is 14.5 Å². The number of thioether (sulfide) groups is 1. The standard InChI is InChI=1S/C20H18N8O6S2/c1-33-26-11(9-7-36-20(22)23-9)15(29)24-12-16(30)28-13(18(31)32)8(6-35-17(12)28)5-27-4-2-3-10-14(27)25-19(21)34-10/h2-4,7,12,17,21H,5-6H2,1H3,(H4,22,23,24,29,31,32)/t12?,17-/m0/s1. The Hall–Kier alpha value is -4.18. The molecule has 0 aromatic carbocycles. The van der Waals surface area contributed by atoms with Gasteiger partial charge in [0.25, 0.3) is 11.8 Å². The largest absolute Gasteiger partial charge is 0.543 e. The van der Waals surface area contributed by atoms with Crippen LogP contribution >= 0.6 is 23.1 Å². The van der Waals surface area contributed by atoms with Crippen molar-refractivity contribution in [2.75, 3.05) is 24.3 Å². The number of hydrogen-bond acceptors (Lipinski definition) is 13. The number of nitrogens with one attached hydrogen (secondary N) is 1. The number of nitrogen functional groups attached to an aromatic ring is 2. The summed E-state index contributed by atoms with van der Waals surface area (Å²) in [6, 6.07) is 2.39. The molecule has 5 heterocycles. The summed E-state index contributed by atoms with van der Waals surface area (Å²) >= 11 is 2.42. The van der Waals surface area contributed by atoms with Gasteiger partial charge in [0, 0.05) is 21.7 Å². The molecule has 186 valence electrons. The number of carboxylic acid groups (broad SMARTS) is 1. The first kappa shape index (κ1) is 23.6. The SMILES string of the molecule is CON=C(C(=O)NC1C(=O)N2C(C(=O)[O-])=C(C[n+]3cccc4oc(N)nc43)CS[C@@H]12)c1csc(N)n1. The second-order valence-corrected chi connectivity index (χ2v) is 9.66. The Morgan fingerprint density at radius 2 is 2.22 bits per heavy atom. The third-order valence-electron chi connectivity index (χ3n) is 5.49. The topological polar surface area (TPSA) is 206 Å². The lowest BCUT2D eigenvalue weighted by atomic mass is 10.0. The van der Waals surface area contributed by atoms with E-state index in [0.29, 0.717) is 16.8 Å². The fraction of sp³-hybridized carbons (Fsp3) is 0.250. The summed E-state index contributed by atoms with van der Waals surface area (Å²) in [6.07, 6.45) is 1.70. The van der Waals surface area contributed by atoms with Crippen molar-refractivity contribution in [1.82, 2.24) is 20.2 Å². The van der Waals surface area contributed by atoms with Gasteiger partial charge in [0.05, 0.1) is 17.9 Å². The average Bonchev–Trinajstić information content (AvgIpc) is 3.45. The highest BCUT2D eigenvalue weighted by molar-refractivity contribution is 8.00. The Morgan fingerprint density at radius 1 is 1.42 bits per heavy atom. The number of carbonyl (C=O) groups excluding carboxylic acids is 3. The molecule has 3 aromatic rings. The number of hydrogen-bond donors (Lipinski definition) is 3. The molecular weight excluding hydrogens is 512 g/mol.